The van der Waals surface area contributed by atoms with Crippen molar-refractivity contribution in [3.63, 3.8) is 0 Å². The third-order valence-corrected chi connectivity index (χ3v) is 3.94. The van der Waals surface area contributed by atoms with Crippen LogP contribution in [0.25, 0.3) is 11.2 Å². The first-order chi connectivity index (χ1) is 8.66. The summed E-state index contributed by atoms with van der Waals surface area (Å²) in [6.45, 7) is 2.96. The van der Waals surface area contributed by atoms with Crippen LogP contribution in [0, 0.1) is 4.77 Å². The van der Waals surface area contributed by atoms with Crippen molar-refractivity contribution in [1.29, 1.82) is 0 Å². The predicted octanol–water partition coefficient (Wildman–Crippen LogP) is 3.49. The molecule has 0 aromatic carbocycles. The lowest BCUT2D eigenvalue weighted by atomic mass is 10.1. The summed E-state index contributed by atoms with van der Waals surface area (Å²) in [5.41, 5.74) is 1.71. The second-order valence-electron chi connectivity index (χ2n) is 4.62. The topological polar surface area (TPSA) is 42.8 Å². The van der Waals surface area contributed by atoms with Gasteiger partial charge < -0.3 is 9.72 Å². The zero-order valence-corrected chi connectivity index (χ0v) is 11.6. The van der Waals surface area contributed by atoms with E-state index in [9.17, 15) is 0 Å². The molecule has 6 heteroatoms. The van der Waals surface area contributed by atoms with Gasteiger partial charge in [-0.25, -0.2) is 4.98 Å². The quantitative estimate of drug-likeness (QED) is 0.858. The molecule has 0 radical (unpaired) electrons. The minimum Gasteiger partial charge on any atom is -0.376 e. The number of nitrogens with one attached hydrogen (secondary N) is 1. The number of hydrogen-bond acceptors (Lipinski definition) is 3. The highest BCUT2D eigenvalue weighted by Gasteiger charge is 2.25. The molecule has 2 unspecified atom stereocenters. The van der Waals surface area contributed by atoms with E-state index in [1.807, 2.05) is 10.6 Å². The largest absolute Gasteiger partial charge is 0.376 e. The molecule has 3 rings (SSSR count). The molecule has 0 spiro atoms. The van der Waals surface area contributed by atoms with Gasteiger partial charge in [0.2, 0.25) is 0 Å². The molecule has 0 amide bonds. The van der Waals surface area contributed by atoms with Crippen molar-refractivity contribution in [3.05, 3.63) is 22.1 Å². The Morgan fingerprint density at radius 2 is 2.50 bits per heavy atom. The van der Waals surface area contributed by atoms with Crippen LogP contribution >= 0.6 is 23.8 Å². The lowest BCUT2D eigenvalue weighted by Crippen LogP contribution is -2.21. The Morgan fingerprint density at radius 3 is 3.22 bits per heavy atom. The molecule has 1 saturated heterocycles. The molecule has 4 nitrogen and oxygen atoms in total. The molecular weight excluding hydrogens is 270 g/mol. The van der Waals surface area contributed by atoms with E-state index >= 15 is 0 Å². The van der Waals surface area contributed by atoms with Crippen LogP contribution in [0.2, 0.25) is 5.02 Å². The molecule has 2 aromatic heterocycles. The van der Waals surface area contributed by atoms with Crippen LogP contribution in [0.1, 0.15) is 25.8 Å². The van der Waals surface area contributed by atoms with Crippen LogP contribution in [0.5, 0.6) is 0 Å². The van der Waals surface area contributed by atoms with Gasteiger partial charge in [0.25, 0.3) is 0 Å². The SMILES string of the molecule is CC(C1CCCO1)n1c(=S)[nH]c2cc(Cl)cnc21. The Kier molecular flexibility index (Phi) is 3.13. The number of H-pyrrole nitrogens is 1. The van der Waals surface area contributed by atoms with Gasteiger partial charge in [0.05, 0.1) is 22.7 Å². The van der Waals surface area contributed by atoms with E-state index < -0.39 is 0 Å². The summed E-state index contributed by atoms with van der Waals surface area (Å²) < 4.78 is 8.43. The normalized spacial score (nSPS) is 21.6. The van der Waals surface area contributed by atoms with Crippen molar-refractivity contribution in [2.24, 2.45) is 0 Å². The van der Waals surface area contributed by atoms with Crippen LogP contribution in [-0.2, 0) is 4.74 Å². The van der Waals surface area contributed by atoms with E-state index in [4.69, 9.17) is 28.6 Å². The summed E-state index contributed by atoms with van der Waals surface area (Å²) in [5, 5.41) is 0.607. The van der Waals surface area contributed by atoms with Gasteiger partial charge in [-0.15, -0.1) is 0 Å². The van der Waals surface area contributed by atoms with Crippen molar-refractivity contribution in [2.45, 2.75) is 31.9 Å². The first-order valence-electron chi connectivity index (χ1n) is 6.04. The van der Waals surface area contributed by atoms with Crippen LogP contribution in [0.15, 0.2) is 12.3 Å². The van der Waals surface area contributed by atoms with Gasteiger partial charge in [0.1, 0.15) is 0 Å². The van der Waals surface area contributed by atoms with Gasteiger partial charge in [-0.1, -0.05) is 11.6 Å². The van der Waals surface area contributed by atoms with Crippen molar-refractivity contribution in [2.75, 3.05) is 6.61 Å². The standard InChI is InChI=1S/C12H14ClN3OS/c1-7(10-3-2-4-17-10)16-11-9(15-12(16)18)5-8(13)6-14-11/h5-7,10H,2-4H2,1H3,(H,15,18). The van der Waals surface area contributed by atoms with Crippen molar-refractivity contribution in [1.82, 2.24) is 14.5 Å². The maximum absolute atomic E-state index is 5.94. The van der Waals surface area contributed by atoms with Gasteiger partial charge in [0.15, 0.2) is 10.4 Å². The number of aromatic amines is 1. The van der Waals surface area contributed by atoms with Crippen LogP contribution in [0.3, 0.4) is 0 Å². The predicted molar refractivity (Wildman–Crippen MR) is 73.6 cm³/mol. The molecule has 18 heavy (non-hydrogen) atoms. The lowest BCUT2D eigenvalue weighted by Gasteiger charge is -2.20. The van der Waals surface area contributed by atoms with Crippen LogP contribution < -0.4 is 0 Å². The number of aromatic nitrogens is 3. The molecule has 2 aromatic rings. The van der Waals surface area contributed by atoms with E-state index in [0.717, 1.165) is 30.6 Å². The summed E-state index contributed by atoms with van der Waals surface area (Å²) in [4.78, 5) is 7.52. The Morgan fingerprint density at radius 1 is 1.67 bits per heavy atom. The molecule has 0 saturated carbocycles. The van der Waals surface area contributed by atoms with Gasteiger partial charge in [-0.2, -0.15) is 0 Å². The number of hydrogen-bond donors (Lipinski definition) is 1. The van der Waals surface area contributed by atoms with Crippen LogP contribution in [-0.4, -0.2) is 27.2 Å². The summed E-state index contributed by atoms with van der Waals surface area (Å²) in [6, 6.07) is 2.03. The van der Waals surface area contributed by atoms with E-state index in [1.54, 1.807) is 6.20 Å². The fourth-order valence-electron chi connectivity index (χ4n) is 2.51. The number of halogens is 1. The molecule has 1 aliphatic rings. The maximum atomic E-state index is 5.94. The zero-order chi connectivity index (χ0) is 12.7. The lowest BCUT2D eigenvalue weighted by molar-refractivity contribution is 0.0739. The molecule has 1 fully saturated rings. The van der Waals surface area contributed by atoms with Gasteiger partial charge in [-0.3, -0.25) is 4.57 Å². The summed E-state index contributed by atoms with van der Waals surface area (Å²) in [7, 11) is 0. The highest BCUT2D eigenvalue weighted by molar-refractivity contribution is 7.71. The van der Waals surface area contributed by atoms with E-state index in [-0.39, 0.29) is 12.1 Å². The smallest absolute Gasteiger partial charge is 0.179 e. The summed E-state index contributed by atoms with van der Waals surface area (Å²) >= 11 is 11.3. The minimum absolute atomic E-state index is 0.183. The molecule has 0 bridgehead atoms. The number of imidazole rings is 1. The fraction of sp³-hybridized carbons (Fsp3) is 0.500. The second kappa shape index (κ2) is 4.64. The third-order valence-electron chi connectivity index (χ3n) is 3.43. The van der Waals surface area contributed by atoms with Crippen molar-refractivity contribution < 1.29 is 4.74 Å². The number of pyridine rings is 1. The van der Waals surface area contributed by atoms with E-state index in [0.29, 0.717) is 9.79 Å². The number of ether oxygens (including phenoxy) is 1. The number of fused-ring (bicyclic) bond motifs is 1. The Balaban J connectivity index is 2.10. The fourth-order valence-corrected chi connectivity index (χ4v) is 3.04. The average molecular weight is 284 g/mol. The van der Waals surface area contributed by atoms with Crippen molar-refractivity contribution in [3.8, 4) is 0 Å². The van der Waals surface area contributed by atoms with Crippen molar-refractivity contribution >= 4 is 35.0 Å². The molecule has 0 aliphatic carbocycles. The molecule has 1 aliphatic heterocycles. The number of nitrogens with zero attached hydrogens (tertiary/aromatic N) is 2. The van der Waals surface area contributed by atoms with E-state index in [2.05, 4.69) is 16.9 Å². The first kappa shape index (κ1) is 12.1. The van der Waals surface area contributed by atoms with Gasteiger partial charge in [0, 0.05) is 12.8 Å². The highest BCUT2D eigenvalue weighted by Crippen LogP contribution is 2.27. The van der Waals surface area contributed by atoms with E-state index in [1.165, 1.54) is 0 Å². The Hall–Kier alpha value is -0.910. The van der Waals surface area contributed by atoms with Gasteiger partial charge >= 0.3 is 0 Å². The van der Waals surface area contributed by atoms with Gasteiger partial charge in [-0.05, 0) is 38.0 Å². The average Bonchev–Trinajstić information content (AvgIpc) is 2.94. The summed E-state index contributed by atoms with van der Waals surface area (Å²) in [5.74, 6) is 0. The highest BCUT2D eigenvalue weighted by atomic mass is 35.5. The Bertz CT molecular complexity index is 630. The van der Waals surface area contributed by atoms with Crippen LogP contribution in [0.4, 0.5) is 0 Å². The molecular formula is C12H14ClN3OS. The minimum atomic E-state index is 0.183. The number of rotatable bonds is 2. The molecule has 3 heterocycles. The molecule has 96 valence electrons. The first-order valence-corrected chi connectivity index (χ1v) is 6.83. The summed E-state index contributed by atoms with van der Waals surface area (Å²) in [6.07, 6.45) is 4.05. The second-order valence-corrected chi connectivity index (χ2v) is 5.44. The Labute approximate surface area is 115 Å². The maximum Gasteiger partial charge on any atom is 0.179 e. The molecule has 1 N–H and O–H groups in total. The monoisotopic (exact) mass is 283 g/mol. The zero-order valence-electron chi connectivity index (χ0n) is 10.0. The molecule has 2 atom stereocenters. The third kappa shape index (κ3) is 1.96.